The standard InChI is InChI=1S/C22H25NO5/c1-23(21(24)14-28-19-6-4-3-5-18(19)25-2)10-7-17-16-9-12-26-20(16)13-15-8-11-27-22(15)17/h3-6,13H,7-12,14H2,1-2H3. The smallest absolute Gasteiger partial charge is 0.260 e. The van der Waals surface area contributed by atoms with Gasteiger partial charge in [-0.3, -0.25) is 4.79 Å². The van der Waals surface area contributed by atoms with E-state index in [4.69, 9.17) is 18.9 Å². The largest absolute Gasteiger partial charge is 0.493 e. The van der Waals surface area contributed by atoms with Crippen molar-refractivity contribution < 1.29 is 23.7 Å². The highest BCUT2D eigenvalue weighted by Gasteiger charge is 2.26. The van der Waals surface area contributed by atoms with Crippen LogP contribution in [0.5, 0.6) is 23.0 Å². The molecular formula is C22H25NO5. The molecule has 2 aromatic carbocycles. The van der Waals surface area contributed by atoms with E-state index in [1.807, 2.05) is 18.2 Å². The molecule has 2 aliphatic rings. The Hall–Kier alpha value is -2.89. The zero-order valence-electron chi connectivity index (χ0n) is 16.3. The van der Waals surface area contributed by atoms with Gasteiger partial charge in [0.25, 0.3) is 5.91 Å². The topological polar surface area (TPSA) is 57.2 Å². The third-order valence-electron chi connectivity index (χ3n) is 5.30. The highest BCUT2D eigenvalue weighted by molar-refractivity contribution is 5.77. The van der Waals surface area contributed by atoms with Crippen molar-refractivity contribution in [3.05, 3.63) is 47.0 Å². The molecule has 0 aliphatic carbocycles. The Kier molecular flexibility index (Phi) is 5.28. The molecule has 28 heavy (non-hydrogen) atoms. The van der Waals surface area contributed by atoms with Gasteiger partial charge in [-0.05, 0) is 24.6 Å². The highest BCUT2D eigenvalue weighted by atomic mass is 16.5. The molecule has 0 saturated carbocycles. The van der Waals surface area contributed by atoms with Gasteiger partial charge in [-0.1, -0.05) is 12.1 Å². The number of fused-ring (bicyclic) bond motifs is 2. The SMILES string of the molecule is COc1ccccc1OCC(=O)N(C)CCc1c2c(cc3c1OCC3)OCC2. The summed E-state index contributed by atoms with van der Waals surface area (Å²) in [6.07, 6.45) is 2.56. The van der Waals surface area contributed by atoms with E-state index in [1.165, 1.54) is 16.7 Å². The van der Waals surface area contributed by atoms with E-state index >= 15 is 0 Å². The van der Waals surface area contributed by atoms with Crippen LogP contribution in [0, 0.1) is 0 Å². The van der Waals surface area contributed by atoms with Crippen molar-refractivity contribution >= 4 is 5.91 Å². The fourth-order valence-corrected chi connectivity index (χ4v) is 3.74. The molecule has 6 heteroatoms. The van der Waals surface area contributed by atoms with Gasteiger partial charge in [0.05, 0.1) is 20.3 Å². The molecule has 2 aliphatic heterocycles. The van der Waals surface area contributed by atoms with Gasteiger partial charge in [-0.2, -0.15) is 0 Å². The Morgan fingerprint density at radius 2 is 1.93 bits per heavy atom. The summed E-state index contributed by atoms with van der Waals surface area (Å²) in [5, 5.41) is 0. The fraction of sp³-hybridized carbons (Fsp3) is 0.409. The summed E-state index contributed by atoms with van der Waals surface area (Å²) >= 11 is 0. The van der Waals surface area contributed by atoms with Crippen molar-refractivity contribution in [3.8, 4) is 23.0 Å². The minimum atomic E-state index is -0.0766. The van der Waals surface area contributed by atoms with Crippen molar-refractivity contribution in [2.24, 2.45) is 0 Å². The number of methoxy groups -OCH3 is 1. The highest BCUT2D eigenvalue weighted by Crippen LogP contribution is 2.40. The van der Waals surface area contributed by atoms with Crippen LogP contribution in [0.4, 0.5) is 0 Å². The maximum Gasteiger partial charge on any atom is 0.260 e. The van der Waals surface area contributed by atoms with Crippen LogP contribution in [0.1, 0.15) is 16.7 Å². The maximum absolute atomic E-state index is 12.5. The molecule has 0 atom stereocenters. The molecule has 148 valence electrons. The van der Waals surface area contributed by atoms with Crippen molar-refractivity contribution in [2.75, 3.05) is 40.5 Å². The molecule has 0 bridgehead atoms. The van der Waals surface area contributed by atoms with Gasteiger partial charge in [-0.15, -0.1) is 0 Å². The average molecular weight is 383 g/mol. The molecule has 0 aromatic heterocycles. The zero-order chi connectivity index (χ0) is 19.5. The summed E-state index contributed by atoms with van der Waals surface area (Å²) in [6, 6.07) is 9.43. The number of hydrogen-bond acceptors (Lipinski definition) is 5. The maximum atomic E-state index is 12.5. The molecular weight excluding hydrogens is 358 g/mol. The minimum Gasteiger partial charge on any atom is -0.493 e. The minimum absolute atomic E-state index is 0.0263. The number of para-hydroxylation sites is 2. The number of ether oxygens (including phenoxy) is 4. The second-order valence-corrected chi connectivity index (χ2v) is 7.02. The molecule has 0 radical (unpaired) electrons. The monoisotopic (exact) mass is 383 g/mol. The van der Waals surface area contributed by atoms with Crippen LogP contribution in [0.3, 0.4) is 0 Å². The molecule has 0 fully saturated rings. The number of carbonyl (C=O) groups excluding carboxylic acids is 1. The van der Waals surface area contributed by atoms with Gasteiger partial charge in [0.15, 0.2) is 18.1 Å². The van der Waals surface area contributed by atoms with Gasteiger partial charge in [-0.25, -0.2) is 0 Å². The Balaban J connectivity index is 1.38. The van der Waals surface area contributed by atoms with Crippen LogP contribution in [0.25, 0.3) is 0 Å². The second kappa shape index (κ2) is 8.00. The summed E-state index contributed by atoms with van der Waals surface area (Å²) in [6.45, 7) is 2.00. The molecule has 4 rings (SSSR count). The Bertz CT molecular complexity index is 847. The third kappa shape index (κ3) is 3.59. The number of benzene rings is 2. The van der Waals surface area contributed by atoms with E-state index in [0.717, 1.165) is 30.8 Å². The Morgan fingerprint density at radius 3 is 2.75 bits per heavy atom. The summed E-state index contributed by atoms with van der Waals surface area (Å²) < 4.78 is 22.5. The number of nitrogens with zero attached hydrogens (tertiary/aromatic N) is 1. The predicted octanol–water partition coefficient (Wildman–Crippen LogP) is 2.64. The van der Waals surface area contributed by atoms with Crippen LogP contribution >= 0.6 is 0 Å². The zero-order valence-corrected chi connectivity index (χ0v) is 16.3. The van der Waals surface area contributed by atoms with E-state index in [1.54, 1.807) is 25.1 Å². The summed E-state index contributed by atoms with van der Waals surface area (Å²) in [5.41, 5.74) is 3.63. The molecule has 2 aromatic rings. The molecule has 0 unspecified atom stereocenters. The lowest BCUT2D eigenvalue weighted by molar-refractivity contribution is -0.132. The third-order valence-corrected chi connectivity index (χ3v) is 5.30. The van der Waals surface area contributed by atoms with E-state index in [2.05, 4.69) is 6.07 Å². The first-order valence-corrected chi connectivity index (χ1v) is 9.60. The van der Waals surface area contributed by atoms with Crippen molar-refractivity contribution in [1.29, 1.82) is 0 Å². The molecule has 6 nitrogen and oxygen atoms in total. The van der Waals surface area contributed by atoms with Gasteiger partial charge in [0.2, 0.25) is 0 Å². The first-order chi connectivity index (χ1) is 13.7. The Labute approximate surface area is 165 Å². The lowest BCUT2D eigenvalue weighted by Crippen LogP contribution is -2.33. The number of hydrogen-bond donors (Lipinski definition) is 0. The van der Waals surface area contributed by atoms with Crippen molar-refractivity contribution in [1.82, 2.24) is 4.90 Å². The van der Waals surface area contributed by atoms with Crippen LogP contribution in [0.2, 0.25) is 0 Å². The summed E-state index contributed by atoms with van der Waals surface area (Å²) in [5.74, 6) is 3.08. The van der Waals surface area contributed by atoms with Crippen LogP contribution in [-0.4, -0.2) is 51.3 Å². The predicted molar refractivity (Wildman–Crippen MR) is 105 cm³/mol. The molecule has 0 spiro atoms. The number of carbonyl (C=O) groups is 1. The van der Waals surface area contributed by atoms with E-state index in [-0.39, 0.29) is 12.5 Å². The molecule has 0 saturated heterocycles. The molecule has 1 amide bonds. The van der Waals surface area contributed by atoms with Gasteiger partial charge in [0, 0.05) is 43.1 Å². The number of rotatable bonds is 7. The first-order valence-electron chi connectivity index (χ1n) is 9.60. The van der Waals surface area contributed by atoms with E-state index in [9.17, 15) is 4.79 Å². The lowest BCUT2D eigenvalue weighted by atomic mass is 9.97. The normalized spacial score (nSPS) is 13.9. The van der Waals surface area contributed by atoms with Gasteiger partial charge in [0.1, 0.15) is 11.5 Å². The average Bonchev–Trinajstić information content (AvgIpc) is 3.38. The van der Waals surface area contributed by atoms with Crippen molar-refractivity contribution in [3.63, 3.8) is 0 Å². The lowest BCUT2D eigenvalue weighted by Gasteiger charge is -2.20. The Morgan fingerprint density at radius 1 is 1.14 bits per heavy atom. The number of amides is 1. The quantitative estimate of drug-likeness (QED) is 0.736. The van der Waals surface area contributed by atoms with Crippen molar-refractivity contribution in [2.45, 2.75) is 19.3 Å². The summed E-state index contributed by atoms with van der Waals surface area (Å²) in [4.78, 5) is 14.2. The van der Waals surface area contributed by atoms with Crippen LogP contribution in [0.15, 0.2) is 30.3 Å². The van der Waals surface area contributed by atoms with Crippen LogP contribution in [-0.2, 0) is 24.1 Å². The van der Waals surface area contributed by atoms with E-state index in [0.29, 0.717) is 31.3 Å². The fourth-order valence-electron chi connectivity index (χ4n) is 3.74. The second-order valence-electron chi connectivity index (χ2n) is 7.02. The van der Waals surface area contributed by atoms with Gasteiger partial charge < -0.3 is 23.8 Å². The van der Waals surface area contributed by atoms with Gasteiger partial charge >= 0.3 is 0 Å². The number of likely N-dealkylation sites (N-methyl/N-ethyl adjacent to an activating group) is 1. The van der Waals surface area contributed by atoms with Crippen LogP contribution < -0.4 is 18.9 Å². The van der Waals surface area contributed by atoms with E-state index < -0.39 is 0 Å². The first kappa shape index (κ1) is 18.5. The molecule has 0 N–H and O–H groups in total. The summed E-state index contributed by atoms with van der Waals surface area (Å²) in [7, 11) is 3.38. The molecule has 2 heterocycles.